The topological polar surface area (TPSA) is 26.0 Å². The number of hydrogen-bond donors (Lipinski definition) is 1. The van der Waals surface area contributed by atoms with Crippen LogP contribution in [0.3, 0.4) is 0 Å². The molecule has 0 aromatic heterocycles. The van der Waals surface area contributed by atoms with Gasteiger partial charge in [-0.2, -0.15) is 0 Å². The Labute approximate surface area is 119 Å². The highest BCUT2D eigenvalue weighted by Gasteiger charge is 1.99. The zero-order valence-electron chi connectivity index (χ0n) is 11.0. The third-order valence-electron chi connectivity index (χ3n) is 3.03. The molecule has 0 aliphatic carbocycles. The molecule has 0 fully saturated rings. The van der Waals surface area contributed by atoms with Gasteiger partial charge in [0.15, 0.2) is 0 Å². The maximum absolute atomic E-state index is 6.03. The summed E-state index contributed by atoms with van der Waals surface area (Å²) in [6, 6.07) is 16.1. The van der Waals surface area contributed by atoms with Crippen LogP contribution >= 0.6 is 12.2 Å². The Morgan fingerprint density at radius 1 is 1.16 bits per heavy atom. The average Bonchev–Trinajstić information content (AvgIpc) is 2.46. The van der Waals surface area contributed by atoms with Crippen LogP contribution in [0.25, 0.3) is 6.08 Å². The van der Waals surface area contributed by atoms with E-state index in [0.29, 0.717) is 0 Å². The number of anilines is 1. The number of aryl methyl sites for hydroxylation is 1. The predicted molar refractivity (Wildman–Crippen MR) is 87.4 cm³/mol. The van der Waals surface area contributed by atoms with Crippen LogP contribution in [0, 0.1) is 0 Å². The van der Waals surface area contributed by atoms with Gasteiger partial charge in [0.25, 0.3) is 0 Å². The standard InChI is InChI=1S/C17H17NS/c1-2-13-8-9-14(16(18)12-13)10-11-17(19)15-6-4-3-5-7-15/h3-12H,2,18H2,1H3. The van der Waals surface area contributed by atoms with E-state index in [0.717, 1.165) is 28.1 Å². The van der Waals surface area contributed by atoms with Crippen molar-refractivity contribution in [3.8, 4) is 0 Å². The molecule has 0 bridgehead atoms. The van der Waals surface area contributed by atoms with Crippen molar-refractivity contribution in [1.29, 1.82) is 0 Å². The Kier molecular flexibility index (Phi) is 4.48. The largest absolute Gasteiger partial charge is 0.398 e. The van der Waals surface area contributed by atoms with Crippen molar-refractivity contribution < 1.29 is 0 Å². The number of allylic oxidation sites excluding steroid dienone is 1. The molecular weight excluding hydrogens is 250 g/mol. The van der Waals surface area contributed by atoms with Crippen molar-refractivity contribution in [2.24, 2.45) is 0 Å². The minimum absolute atomic E-state index is 0.798. The molecule has 1 nitrogen and oxygen atoms in total. The second-order valence-electron chi connectivity index (χ2n) is 4.38. The van der Waals surface area contributed by atoms with Crippen molar-refractivity contribution in [1.82, 2.24) is 0 Å². The van der Waals surface area contributed by atoms with Gasteiger partial charge in [0, 0.05) is 10.6 Å². The van der Waals surface area contributed by atoms with Crippen molar-refractivity contribution in [3.05, 3.63) is 71.3 Å². The van der Waals surface area contributed by atoms with Crippen molar-refractivity contribution in [2.45, 2.75) is 13.3 Å². The lowest BCUT2D eigenvalue weighted by Crippen LogP contribution is -1.94. The summed E-state index contributed by atoms with van der Waals surface area (Å²) in [5.74, 6) is 0. The van der Waals surface area contributed by atoms with E-state index in [-0.39, 0.29) is 0 Å². The normalized spacial score (nSPS) is 10.8. The molecule has 2 aromatic carbocycles. The van der Waals surface area contributed by atoms with E-state index in [1.54, 1.807) is 0 Å². The van der Waals surface area contributed by atoms with Crippen molar-refractivity contribution in [2.75, 3.05) is 5.73 Å². The zero-order chi connectivity index (χ0) is 13.7. The van der Waals surface area contributed by atoms with E-state index in [9.17, 15) is 0 Å². The smallest absolute Gasteiger partial charge is 0.0449 e. The summed E-state index contributed by atoms with van der Waals surface area (Å²) in [4.78, 5) is 0.819. The van der Waals surface area contributed by atoms with E-state index in [1.165, 1.54) is 5.56 Å². The van der Waals surface area contributed by atoms with Crippen LogP contribution in [0.2, 0.25) is 0 Å². The highest BCUT2D eigenvalue weighted by atomic mass is 32.1. The quantitative estimate of drug-likeness (QED) is 0.387. The molecule has 0 unspecified atom stereocenters. The Morgan fingerprint density at radius 3 is 2.53 bits per heavy atom. The first kappa shape index (κ1) is 13.5. The van der Waals surface area contributed by atoms with Gasteiger partial charge in [-0.3, -0.25) is 0 Å². The molecule has 0 heterocycles. The van der Waals surface area contributed by atoms with Crippen LogP contribution < -0.4 is 5.73 Å². The monoisotopic (exact) mass is 267 g/mol. The Morgan fingerprint density at radius 2 is 1.89 bits per heavy atom. The molecule has 2 heteroatoms. The fraction of sp³-hybridized carbons (Fsp3) is 0.118. The molecule has 0 aliphatic heterocycles. The van der Waals surface area contributed by atoms with Crippen LogP contribution in [0.1, 0.15) is 23.6 Å². The third kappa shape index (κ3) is 3.52. The lowest BCUT2D eigenvalue weighted by Gasteiger charge is -2.03. The molecule has 0 saturated heterocycles. The van der Waals surface area contributed by atoms with Gasteiger partial charge in [0.05, 0.1) is 0 Å². The first-order valence-electron chi connectivity index (χ1n) is 6.36. The number of benzene rings is 2. The molecule has 0 aliphatic rings. The van der Waals surface area contributed by atoms with Crippen LogP contribution in [0.15, 0.2) is 54.6 Å². The second-order valence-corrected chi connectivity index (χ2v) is 4.82. The summed E-state index contributed by atoms with van der Waals surface area (Å²) in [5, 5.41) is 0. The van der Waals surface area contributed by atoms with Gasteiger partial charge < -0.3 is 5.73 Å². The predicted octanol–water partition coefficient (Wildman–Crippen LogP) is 4.26. The SMILES string of the molecule is CCc1ccc(C=CC(=S)c2ccccc2)c(N)c1. The summed E-state index contributed by atoms with van der Waals surface area (Å²) in [6.45, 7) is 2.12. The number of hydrogen-bond acceptors (Lipinski definition) is 2. The van der Waals surface area contributed by atoms with Gasteiger partial charge in [-0.15, -0.1) is 0 Å². The summed E-state index contributed by atoms with van der Waals surface area (Å²) < 4.78 is 0. The molecule has 0 spiro atoms. The van der Waals surface area contributed by atoms with E-state index in [4.69, 9.17) is 18.0 Å². The maximum atomic E-state index is 6.03. The molecule has 2 rings (SSSR count). The number of thiocarbonyl (C=S) groups is 1. The second kappa shape index (κ2) is 6.30. The molecule has 0 amide bonds. The Hall–Kier alpha value is -1.93. The minimum Gasteiger partial charge on any atom is -0.398 e. The molecule has 0 saturated carbocycles. The van der Waals surface area contributed by atoms with E-state index in [1.807, 2.05) is 54.6 Å². The number of rotatable bonds is 4. The van der Waals surface area contributed by atoms with Crippen molar-refractivity contribution in [3.63, 3.8) is 0 Å². The summed E-state index contributed by atoms with van der Waals surface area (Å²) in [6.07, 6.45) is 4.91. The van der Waals surface area contributed by atoms with Gasteiger partial charge in [-0.05, 0) is 35.3 Å². The van der Waals surface area contributed by atoms with Gasteiger partial charge in [-0.1, -0.05) is 67.7 Å². The number of nitrogens with two attached hydrogens (primary N) is 1. The highest BCUT2D eigenvalue weighted by molar-refractivity contribution is 7.81. The van der Waals surface area contributed by atoms with Crippen molar-refractivity contribution >= 4 is 28.8 Å². The van der Waals surface area contributed by atoms with Gasteiger partial charge in [0.2, 0.25) is 0 Å². The van der Waals surface area contributed by atoms with Crippen LogP contribution in [0.4, 0.5) is 5.69 Å². The lowest BCUT2D eigenvalue weighted by molar-refractivity contribution is 1.14. The van der Waals surface area contributed by atoms with E-state index < -0.39 is 0 Å². The fourth-order valence-electron chi connectivity index (χ4n) is 1.86. The van der Waals surface area contributed by atoms with Crippen LogP contribution in [-0.2, 0) is 6.42 Å². The van der Waals surface area contributed by atoms with Gasteiger partial charge in [-0.25, -0.2) is 0 Å². The summed E-state index contributed by atoms with van der Waals surface area (Å²) in [7, 11) is 0. The molecular formula is C17H17NS. The molecule has 96 valence electrons. The first-order valence-corrected chi connectivity index (χ1v) is 6.77. The third-order valence-corrected chi connectivity index (χ3v) is 3.40. The average molecular weight is 267 g/mol. The minimum atomic E-state index is 0.798. The van der Waals surface area contributed by atoms with Crippen LogP contribution in [-0.4, -0.2) is 4.86 Å². The Balaban J connectivity index is 2.17. The lowest BCUT2D eigenvalue weighted by atomic mass is 10.1. The summed E-state index contributed by atoms with van der Waals surface area (Å²) in [5.41, 5.74) is 10.1. The van der Waals surface area contributed by atoms with E-state index >= 15 is 0 Å². The molecule has 2 aromatic rings. The molecule has 0 radical (unpaired) electrons. The zero-order valence-corrected chi connectivity index (χ0v) is 11.8. The maximum Gasteiger partial charge on any atom is 0.0449 e. The van der Waals surface area contributed by atoms with Crippen LogP contribution in [0.5, 0.6) is 0 Å². The first-order chi connectivity index (χ1) is 9.20. The molecule has 0 atom stereocenters. The molecule has 2 N–H and O–H groups in total. The van der Waals surface area contributed by atoms with Gasteiger partial charge in [0.1, 0.15) is 0 Å². The Bertz CT molecular complexity index is 600. The van der Waals surface area contributed by atoms with Gasteiger partial charge >= 0.3 is 0 Å². The fourth-order valence-corrected chi connectivity index (χ4v) is 2.06. The highest BCUT2D eigenvalue weighted by Crippen LogP contribution is 2.17. The van der Waals surface area contributed by atoms with E-state index in [2.05, 4.69) is 13.0 Å². The summed E-state index contributed by atoms with van der Waals surface area (Å²) >= 11 is 5.38. The number of nitrogen functional groups attached to an aromatic ring is 1. The molecule has 19 heavy (non-hydrogen) atoms.